The summed E-state index contributed by atoms with van der Waals surface area (Å²) in [5, 5.41) is 6.86. The topological polar surface area (TPSA) is 106 Å². The highest BCUT2D eigenvalue weighted by atomic mass is 32.3. The number of hydrazone groups is 1. The van der Waals surface area contributed by atoms with Crippen molar-refractivity contribution < 1.29 is 26.5 Å². The number of amides is 1. The molecule has 3 aromatic rings. The van der Waals surface area contributed by atoms with Crippen LogP contribution < -0.4 is 14.5 Å². The van der Waals surface area contributed by atoms with E-state index < -0.39 is 10.4 Å². The molecule has 0 aliphatic carbocycles. The number of para-hydroxylation sites is 1. The zero-order valence-corrected chi connectivity index (χ0v) is 20.5. The summed E-state index contributed by atoms with van der Waals surface area (Å²) >= 11 is 1.57. The summed E-state index contributed by atoms with van der Waals surface area (Å²) in [4.78, 5) is 15.1. The normalized spacial score (nSPS) is 15.0. The summed E-state index contributed by atoms with van der Waals surface area (Å²) in [7, 11) is 2.38. The molecule has 33 heavy (non-hydrogen) atoms. The lowest BCUT2D eigenvalue weighted by molar-refractivity contribution is -0.627. The largest absolute Gasteiger partial charge is 0.726 e. The van der Waals surface area contributed by atoms with Gasteiger partial charge >= 0.3 is 11.0 Å². The molecular weight excluding hydrogens is 464 g/mol. The van der Waals surface area contributed by atoms with Crippen LogP contribution in [0, 0.1) is 0 Å². The van der Waals surface area contributed by atoms with E-state index >= 15 is 0 Å². The predicted octanol–water partition coefficient (Wildman–Crippen LogP) is 2.69. The Labute approximate surface area is 196 Å². The van der Waals surface area contributed by atoms with Gasteiger partial charge in [-0.25, -0.2) is 17.8 Å². The Morgan fingerprint density at radius 2 is 1.76 bits per heavy atom. The third-order valence-corrected chi connectivity index (χ3v) is 6.49. The lowest BCUT2D eigenvalue weighted by Crippen LogP contribution is -2.36. The average molecular weight is 489 g/mol. The Morgan fingerprint density at radius 3 is 2.30 bits per heavy atom. The second kappa shape index (κ2) is 9.79. The number of thiazole rings is 1. The van der Waals surface area contributed by atoms with Crippen molar-refractivity contribution in [1.82, 2.24) is 0 Å². The van der Waals surface area contributed by atoms with E-state index in [1.54, 1.807) is 11.3 Å². The molecule has 0 spiro atoms. The van der Waals surface area contributed by atoms with Crippen molar-refractivity contribution >= 4 is 60.5 Å². The summed E-state index contributed by atoms with van der Waals surface area (Å²) in [6.45, 7) is 1.88. The summed E-state index contributed by atoms with van der Waals surface area (Å²) in [5.74, 6) is -0.0913. The molecule has 0 N–H and O–H groups in total. The van der Waals surface area contributed by atoms with E-state index in [-0.39, 0.29) is 5.91 Å². The van der Waals surface area contributed by atoms with Crippen LogP contribution in [0.5, 0.6) is 0 Å². The molecule has 0 saturated heterocycles. The molecule has 2 aromatic carbocycles. The molecule has 11 heteroatoms. The third kappa shape index (κ3) is 5.63. The minimum Gasteiger partial charge on any atom is -0.726 e. The number of anilines is 2. The van der Waals surface area contributed by atoms with Crippen molar-refractivity contribution in [3.05, 3.63) is 59.7 Å². The van der Waals surface area contributed by atoms with E-state index in [9.17, 15) is 17.8 Å². The zero-order valence-electron chi connectivity index (χ0n) is 18.8. The quantitative estimate of drug-likeness (QED) is 0.242. The van der Waals surface area contributed by atoms with Crippen LogP contribution in [0.15, 0.2) is 59.2 Å². The van der Waals surface area contributed by atoms with E-state index in [1.165, 1.54) is 5.01 Å². The number of nitrogens with zero attached hydrogens (tertiary/aromatic N) is 4. The SMILES string of the molecule is CC1=NN(c2sc3ccccc3[n+]2C)C(=O)C1=Cc1ccc(N(C)C)cc1.COS(=O)(=O)[O-]. The maximum absolute atomic E-state index is 13.1. The van der Waals surface area contributed by atoms with Gasteiger partial charge in [0.05, 0.1) is 30.1 Å². The third-order valence-electron chi connectivity index (χ3n) is 4.88. The van der Waals surface area contributed by atoms with Crippen molar-refractivity contribution in [1.29, 1.82) is 0 Å². The van der Waals surface area contributed by atoms with Gasteiger partial charge in [0.2, 0.25) is 10.4 Å². The molecule has 0 fully saturated rings. The maximum Gasteiger partial charge on any atom is 0.370 e. The van der Waals surface area contributed by atoms with Gasteiger partial charge < -0.3 is 9.45 Å². The lowest BCUT2D eigenvalue weighted by Gasteiger charge is -2.11. The zero-order chi connectivity index (χ0) is 24.3. The van der Waals surface area contributed by atoms with Gasteiger partial charge in [-0.1, -0.05) is 29.4 Å². The number of fused-ring (bicyclic) bond motifs is 1. The van der Waals surface area contributed by atoms with Gasteiger partial charge in [-0.05, 0) is 59.2 Å². The average Bonchev–Trinajstić information content (AvgIpc) is 3.25. The van der Waals surface area contributed by atoms with Gasteiger partial charge in [0.15, 0.2) is 0 Å². The van der Waals surface area contributed by atoms with E-state index in [0.29, 0.717) is 5.57 Å². The molecule has 2 heterocycles. The molecule has 1 amide bonds. The van der Waals surface area contributed by atoms with E-state index in [1.807, 2.05) is 80.0 Å². The molecule has 0 radical (unpaired) electrons. The Hall–Kier alpha value is -3.12. The fourth-order valence-corrected chi connectivity index (χ4v) is 4.22. The molecule has 1 aromatic heterocycles. The molecule has 4 rings (SSSR count). The van der Waals surface area contributed by atoms with E-state index in [4.69, 9.17) is 0 Å². The van der Waals surface area contributed by atoms with Crippen molar-refractivity contribution in [2.45, 2.75) is 6.92 Å². The highest BCUT2D eigenvalue weighted by Gasteiger charge is 2.39. The number of aromatic nitrogens is 1. The van der Waals surface area contributed by atoms with Crippen LogP contribution in [-0.2, 0) is 26.4 Å². The van der Waals surface area contributed by atoms with Gasteiger partial charge in [-0.3, -0.25) is 4.18 Å². The fourth-order valence-electron chi connectivity index (χ4n) is 3.13. The lowest BCUT2D eigenvalue weighted by atomic mass is 10.1. The molecular formula is C22H24N4O5S2. The van der Waals surface area contributed by atoms with Gasteiger partial charge in [0.25, 0.3) is 0 Å². The van der Waals surface area contributed by atoms with Crippen LogP contribution in [0.4, 0.5) is 10.8 Å². The van der Waals surface area contributed by atoms with Crippen LogP contribution in [0.1, 0.15) is 12.5 Å². The maximum atomic E-state index is 13.1. The molecule has 0 bridgehead atoms. The number of carbonyl (C=O) groups excluding carboxylic acids is 1. The second-order valence-electron chi connectivity index (χ2n) is 7.33. The number of rotatable bonds is 4. The van der Waals surface area contributed by atoms with Gasteiger partial charge in [-0.2, -0.15) is 0 Å². The minimum atomic E-state index is -4.41. The number of benzene rings is 2. The molecule has 9 nitrogen and oxygen atoms in total. The number of hydrogen-bond acceptors (Lipinski definition) is 8. The first-order chi connectivity index (χ1) is 15.5. The van der Waals surface area contributed by atoms with Crippen LogP contribution in [0.2, 0.25) is 0 Å². The number of aryl methyl sites for hydroxylation is 1. The smallest absolute Gasteiger partial charge is 0.370 e. The van der Waals surface area contributed by atoms with E-state index in [0.717, 1.165) is 39.4 Å². The molecule has 0 unspecified atom stereocenters. The summed E-state index contributed by atoms with van der Waals surface area (Å²) in [6.07, 6.45) is 1.91. The Balaban J connectivity index is 0.000000454. The van der Waals surface area contributed by atoms with Crippen molar-refractivity contribution in [3.8, 4) is 0 Å². The molecule has 1 aliphatic rings. The summed E-state index contributed by atoms with van der Waals surface area (Å²) < 4.78 is 34.2. The van der Waals surface area contributed by atoms with Gasteiger partial charge in [-0.15, -0.1) is 0 Å². The second-order valence-corrected chi connectivity index (χ2v) is 9.49. The molecule has 0 atom stereocenters. The summed E-state index contributed by atoms with van der Waals surface area (Å²) in [6, 6.07) is 16.2. The van der Waals surface area contributed by atoms with Crippen LogP contribution >= 0.6 is 11.3 Å². The number of carbonyl (C=O) groups is 1. The van der Waals surface area contributed by atoms with Crippen LogP contribution in [-0.4, -0.2) is 45.8 Å². The van der Waals surface area contributed by atoms with Crippen molar-refractivity contribution in [2.75, 3.05) is 31.1 Å². The van der Waals surface area contributed by atoms with E-state index in [2.05, 4.69) is 21.4 Å². The summed E-state index contributed by atoms with van der Waals surface area (Å²) in [5.41, 5.74) is 4.56. The standard InChI is InChI=1S/C21H21N4OS.CH4O4S/c1-14-17(13-15-9-11-16(12-10-15)23(2)3)20(26)25(22-14)21-24(4)18-7-5-6-8-19(18)27-21;1-5-6(2,3)4/h5-13H,1-4H3;1H3,(H,2,3,4)/q+1;/p-1. The van der Waals surface area contributed by atoms with Crippen molar-refractivity contribution in [3.63, 3.8) is 0 Å². The molecule has 0 saturated carbocycles. The Kier molecular flexibility index (Phi) is 7.28. The molecule has 1 aliphatic heterocycles. The predicted molar refractivity (Wildman–Crippen MR) is 129 cm³/mol. The Bertz CT molecular complexity index is 1340. The minimum absolute atomic E-state index is 0.0913. The first-order valence-electron chi connectivity index (χ1n) is 9.80. The number of hydrogen-bond donors (Lipinski definition) is 0. The highest BCUT2D eigenvalue weighted by molar-refractivity contribution is 7.80. The fraction of sp³-hybridized carbons (Fsp3) is 0.227. The van der Waals surface area contributed by atoms with Crippen LogP contribution in [0.25, 0.3) is 16.3 Å². The Morgan fingerprint density at radius 1 is 1.15 bits per heavy atom. The first kappa shape index (κ1) is 24.5. The molecule has 174 valence electrons. The van der Waals surface area contributed by atoms with Crippen LogP contribution in [0.3, 0.4) is 0 Å². The van der Waals surface area contributed by atoms with Gasteiger partial charge in [0.1, 0.15) is 5.52 Å². The monoisotopic (exact) mass is 488 g/mol. The highest BCUT2D eigenvalue weighted by Crippen LogP contribution is 2.31. The van der Waals surface area contributed by atoms with Gasteiger partial charge in [0, 0.05) is 19.8 Å². The van der Waals surface area contributed by atoms with Crippen molar-refractivity contribution in [2.24, 2.45) is 12.1 Å². The first-order valence-corrected chi connectivity index (χ1v) is 11.9.